The van der Waals surface area contributed by atoms with Crippen molar-refractivity contribution in [2.75, 3.05) is 0 Å². The zero-order chi connectivity index (χ0) is 19.8. The fourth-order valence-electron chi connectivity index (χ4n) is 2.80. The number of carbonyl (C=O) groups excluding carboxylic acids is 1. The molecule has 1 aliphatic rings. The minimum atomic E-state index is -0.662. The average Bonchev–Trinajstić information content (AvgIpc) is 2.84. The van der Waals surface area contributed by atoms with E-state index in [1.54, 1.807) is 30.3 Å². The van der Waals surface area contributed by atoms with Gasteiger partial charge in [0.1, 0.15) is 17.8 Å². The molecule has 0 aliphatic carbocycles. The van der Waals surface area contributed by atoms with Crippen LogP contribution in [0.4, 0.5) is 0 Å². The molecule has 1 fully saturated rings. The van der Waals surface area contributed by atoms with Gasteiger partial charge < -0.3 is 14.0 Å². The Morgan fingerprint density at radius 1 is 1.07 bits per heavy atom. The molecule has 2 aromatic rings. The van der Waals surface area contributed by atoms with E-state index in [0.29, 0.717) is 28.1 Å². The van der Waals surface area contributed by atoms with E-state index >= 15 is 0 Å². The second-order valence-corrected chi connectivity index (χ2v) is 7.69. The van der Waals surface area contributed by atoms with E-state index in [1.807, 2.05) is 40.7 Å². The summed E-state index contributed by atoms with van der Waals surface area (Å²) in [6.07, 6.45) is 0.783. The Morgan fingerprint density at radius 2 is 1.74 bits per heavy atom. The molecular formula is C21H22BNO4. The molecule has 0 atom stereocenters. The predicted octanol–water partition coefficient (Wildman–Crippen LogP) is 3.77. The van der Waals surface area contributed by atoms with E-state index < -0.39 is 18.3 Å². The molecule has 0 N–H and O–H groups in total. The molecule has 1 saturated heterocycles. The van der Waals surface area contributed by atoms with Gasteiger partial charge >= 0.3 is 7.12 Å². The van der Waals surface area contributed by atoms with Crippen LogP contribution in [-0.2, 0) is 9.31 Å². The maximum Gasteiger partial charge on any atom is 0.495 e. The van der Waals surface area contributed by atoms with Crippen molar-refractivity contribution in [2.24, 2.45) is 0 Å². The predicted molar refractivity (Wildman–Crippen MR) is 104 cm³/mol. The van der Waals surface area contributed by atoms with Gasteiger partial charge in [0.25, 0.3) is 0 Å². The summed E-state index contributed by atoms with van der Waals surface area (Å²) >= 11 is 0. The number of aryl methyl sites for hydroxylation is 1. The Labute approximate surface area is 160 Å². The lowest BCUT2D eigenvalue weighted by Crippen LogP contribution is -2.41. The lowest BCUT2D eigenvalue weighted by molar-refractivity contribution is 0.00578. The van der Waals surface area contributed by atoms with Gasteiger partial charge in [-0.25, -0.2) is 0 Å². The van der Waals surface area contributed by atoms with Crippen LogP contribution in [0.1, 0.15) is 49.2 Å². The maximum atomic E-state index is 11.5. The molecule has 1 aliphatic heterocycles. The number of hydrogen-bond donors (Lipinski definition) is 0. The SMILES string of the molecule is Cc1ccc(C#N)cc1Oc1ccc(C=O)c(B2OC(C)(C)C(C)(C)O2)c1. The summed E-state index contributed by atoms with van der Waals surface area (Å²) in [5.41, 5.74) is 1.52. The molecule has 1 heterocycles. The Bertz CT molecular complexity index is 914. The summed E-state index contributed by atoms with van der Waals surface area (Å²) in [4.78, 5) is 11.5. The summed E-state index contributed by atoms with van der Waals surface area (Å²) in [5, 5.41) is 9.10. The van der Waals surface area contributed by atoms with Gasteiger partial charge in [0, 0.05) is 5.56 Å². The van der Waals surface area contributed by atoms with Crippen molar-refractivity contribution in [2.45, 2.75) is 45.8 Å². The lowest BCUT2D eigenvalue weighted by atomic mass is 9.76. The minimum Gasteiger partial charge on any atom is -0.457 e. The zero-order valence-electron chi connectivity index (χ0n) is 16.2. The first-order valence-corrected chi connectivity index (χ1v) is 8.80. The van der Waals surface area contributed by atoms with Crippen molar-refractivity contribution < 1.29 is 18.8 Å². The van der Waals surface area contributed by atoms with Crippen molar-refractivity contribution in [3.63, 3.8) is 0 Å². The Morgan fingerprint density at radius 3 is 2.33 bits per heavy atom. The molecule has 6 heteroatoms. The normalized spacial score (nSPS) is 17.4. The van der Waals surface area contributed by atoms with E-state index in [4.69, 9.17) is 19.3 Å². The van der Waals surface area contributed by atoms with Crippen LogP contribution in [0.3, 0.4) is 0 Å². The second-order valence-electron chi connectivity index (χ2n) is 7.69. The summed E-state index contributed by atoms with van der Waals surface area (Å²) in [6, 6.07) is 12.5. The number of nitriles is 1. The third-order valence-electron chi connectivity index (χ3n) is 5.24. The first kappa shape index (κ1) is 19.2. The summed E-state index contributed by atoms with van der Waals surface area (Å²) in [7, 11) is -0.662. The fourth-order valence-corrected chi connectivity index (χ4v) is 2.80. The first-order chi connectivity index (χ1) is 12.7. The average molecular weight is 363 g/mol. The van der Waals surface area contributed by atoms with Gasteiger partial charge in [0.05, 0.1) is 22.8 Å². The van der Waals surface area contributed by atoms with E-state index in [1.165, 1.54) is 0 Å². The number of rotatable bonds is 4. The molecular weight excluding hydrogens is 341 g/mol. The largest absolute Gasteiger partial charge is 0.495 e. The minimum absolute atomic E-state index is 0.489. The Balaban J connectivity index is 1.96. The van der Waals surface area contributed by atoms with Crippen molar-refractivity contribution >= 4 is 18.9 Å². The molecule has 3 rings (SSSR count). The van der Waals surface area contributed by atoms with Crippen LogP contribution in [0.15, 0.2) is 36.4 Å². The van der Waals surface area contributed by atoms with Crippen molar-refractivity contribution in [1.29, 1.82) is 5.26 Å². The second kappa shape index (κ2) is 6.84. The Hall–Kier alpha value is -2.62. The third kappa shape index (κ3) is 3.62. The van der Waals surface area contributed by atoms with Gasteiger partial charge in [-0.1, -0.05) is 6.07 Å². The van der Waals surface area contributed by atoms with Crippen LogP contribution in [-0.4, -0.2) is 24.6 Å². The molecule has 0 unspecified atom stereocenters. The van der Waals surface area contributed by atoms with Crippen molar-refractivity contribution in [1.82, 2.24) is 0 Å². The fraction of sp³-hybridized carbons (Fsp3) is 0.333. The molecule has 0 radical (unpaired) electrons. The topological polar surface area (TPSA) is 68.5 Å². The third-order valence-corrected chi connectivity index (χ3v) is 5.24. The number of hydrogen-bond acceptors (Lipinski definition) is 5. The monoisotopic (exact) mass is 363 g/mol. The summed E-state index contributed by atoms with van der Waals surface area (Å²) in [5.74, 6) is 1.14. The van der Waals surface area contributed by atoms with Gasteiger partial charge in [-0.05, 0) is 76.0 Å². The standard InChI is InChI=1S/C21H22BNO4/c1-14-6-7-15(12-23)10-19(14)25-17-9-8-16(13-24)18(11-17)22-26-20(2,3)21(4,5)27-22/h6-11,13H,1-5H3. The van der Waals surface area contributed by atoms with E-state index in [9.17, 15) is 4.79 Å². The molecule has 138 valence electrons. The molecule has 5 nitrogen and oxygen atoms in total. The molecule has 0 spiro atoms. The molecule has 0 saturated carbocycles. The number of nitrogens with zero attached hydrogens (tertiary/aromatic N) is 1. The number of aldehydes is 1. The summed E-state index contributed by atoms with van der Waals surface area (Å²) in [6.45, 7) is 9.76. The highest BCUT2D eigenvalue weighted by Gasteiger charge is 2.52. The lowest BCUT2D eigenvalue weighted by Gasteiger charge is -2.32. The van der Waals surface area contributed by atoms with Gasteiger partial charge in [-0.3, -0.25) is 4.79 Å². The molecule has 0 aromatic heterocycles. The molecule has 0 amide bonds. The summed E-state index contributed by atoms with van der Waals surface area (Å²) < 4.78 is 18.1. The van der Waals surface area contributed by atoms with Crippen LogP contribution in [0.5, 0.6) is 11.5 Å². The van der Waals surface area contributed by atoms with Crippen molar-refractivity contribution in [3.05, 3.63) is 53.1 Å². The molecule has 0 bridgehead atoms. The van der Waals surface area contributed by atoms with Gasteiger partial charge in [-0.15, -0.1) is 0 Å². The molecule has 27 heavy (non-hydrogen) atoms. The highest BCUT2D eigenvalue weighted by atomic mass is 16.7. The van der Waals surface area contributed by atoms with Gasteiger partial charge in [0.2, 0.25) is 0 Å². The van der Waals surface area contributed by atoms with Crippen molar-refractivity contribution in [3.8, 4) is 17.6 Å². The van der Waals surface area contributed by atoms with Gasteiger partial charge in [0.15, 0.2) is 0 Å². The number of carbonyl (C=O) groups is 1. The van der Waals surface area contributed by atoms with Crippen LogP contribution < -0.4 is 10.2 Å². The van der Waals surface area contributed by atoms with Crippen LogP contribution >= 0.6 is 0 Å². The Kier molecular flexibility index (Phi) is 4.85. The van der Waals surface area contributed by atoms with E-state index in [0.717, 1.165) is 11.8 Å². The van der Waals surface area contributed by atoms with Gasteiger partial charge in [-0.2, -0.15) is 5.26 Å². The first-order valence-electron chi connectivity index (χ1n) is 8.80. The highest BCUT2D eigenvalue weighted by Crippen LogP contribution is 2.37. The van der Waals surface area contributed by atoms with Crippen LogP contribution in [0, 0.1) is 18.3 Å². The van der Waals surface area contributed by atoms with E-state index in [-0.39, 0.29) is 0 Å². The van der Waals surface area contributed by atoms with Crippen LogP contribution in [0.25, 0.3) is 0 Å². The maximum absolute atomic E-state index is 11.5. The quantitative estimate of drug-likeness (QED) is 0.611. The molecule has 2 aromatic carbocycles. The number of benzene rings is 2. The highest BCUT2D eigenvalue weighted by molar-refractivity contribution is 6.63. The van der Waals surface area contributed by atoms with E-state index in [2.05, 4.69) is 6.07 Å². The number of ether oxygens (including phenoxy) is 1. The smallest absolute Gasteiger partial charge is 0.457 e. The van der Waals surface area contributed by atoms with Crippen LogP contribution in [0.2, 0.25) is 0 Å². The zero-order valence-corrected chi connectivity index (χ0v) is 16.2.